The molecule has 2 aromatic heterocycles. The maximum absolute atomic E-state index is 12.2. The first-order valence-electron chi connectivity index (χ1n) is 9.27. The van der Waals surface area contributed by atoms with E-state index in [4.69, 9.17) is 16.3 Å². The van der Waals surface area contributed by atoms with E-state index in [-0.39, 0.29) is 5.56 Å². The summed E-state index contributed by atoms with van der Waals surface area (Å²) in [5.41, 5.74) is 0.698. The number of benzene rings is 1. The van der Waals surface area contributed by atoms with Crippen LogP contribution in [0, 0.1) is 6.92 Å². The molecule has 1 fully saturated rings. The summed E-state index contributed by atoms with van der Waals surface area (Å²) in [7, 11) is 0. The topological polar surface area (TPSA) is 63.0 Å². The van der Waals surface area contributed by atoms with Crippen molar-refractivity contribution < 1.29 is 4.74 Å². The second kappa shape index (κ2) is 8.57. The lowest BCUT2D eigenvalue weighted by Gasteiger charge is -2.34. The minimum absolute atomic E-state index is 0.111. The predicted molar refractivity (Wildman–Crippen MR) is 111 cm³/mol. The lowest BCUT2D eigenvalue weighted by Crippen LogP contribution is -2.47. The average molecular weight is 420 g/mol. The van der Waals surface area contributed by atoms with Crippen LogP contribution in [0.2, 0.25) is 5.02 Å². The summed E-state index contributed by atoms with van der Waals surface area (Å²) in [6, 6.07) is 9.13. The first-order chi connectivity index (χ1) is 13.6. The van der Waals surface area contributed by atoms with Crippen molar-refractivity contribution in [3.8, 4) is 5.75 Å². The first-order valence-corrected chi connectivity index (χ1v) is 10.5. The molecule has 0 atom stereocenters. The highest BCUT2D eigenvalue weighted by molar-refractivity contribution is 7.16. The number of hydrogen-bond donors (Lipinski definition) is 0. The first kappa shape index (κ1) is 19.3. The van der Waals surface area contributed by atoms with Crippen molar-refractivity contribution in [2.24, 2.45) is 0 Å². The van der Waals surface area contributed by atoms with Gasteiger partial charge in [-0.3, -0.25) is 14.6 Å². The summed E-state index contributed by atoms with van der Waals surface area (Å²) in [5, 5.41) is 5.67. The number of nitrogens with zero attached hydrogens (tertiary/aromatic N) is 5. The molecule has 7 nitrogen and oxygen atoms in total. The van der Waals surface area contributed by atoms with E-state index in [1.54, 1.807) is 6.07 Å². The van der Waals surface area contributed by atoms with Crippen LogP contribution in [0.5, 0.6) is 5.75 Å². The van der Waals surface area contributed by atoms with E-state index in [9.17, 15) is 4.79 Å². The predicted octanol–water partition coefficient (Wildman–Crippen LogP) is 2.31. The summed E-state index contributed by atoms with van der Waals surface area (Å²) in [6.45, 7) is 7.86. The molecule has 9 heteroatoms. The van der Waals surface area contributed by atoms with Crippen LogP contribution < -0.4 is 10.3 Å². The van der Waals surface area contributed by atoms with Gasteiger partial charge < -0.3 is 4.74 Å². The van der Waals surface area contributed by atoms with Gasteiger partial charge in [-0.2, -0.15) is 9.61 Å². The summed E-state index contributed by atoms with van der Waals surface area (Å²) < 4.78 is 7.15. The molecule has 0 spiro atoms. The SMILES string of the molecule is Cc1nn2c(=O)cc(CN3CCN(CCOc4ccccc4Cl)CC3)nc2s1. The van der Waals surface area contributed by atoms with Crippen LogP contribution in [-0.4, -0.2) is 63.7 Å². The highest BCUT2D eigenvalue weighted by Crippen LogP contribution is 2.23. The summed E-state index contributed by atoms with van der Waals surface area (Å²) in [6.07, 6.45) is 0. The van der Waals surface area contributed by atoms with E-state index in [1.165, 1.54) is 15.9 Å². The molecular weight excluding hydrogens is 398 g/mol. The van der Waals surface area contributed by atoms with Crippen LogP contribution >= 0.6 is 22.9 Å². The van der Waals surface area contributed by atoms with E-state index in [1.807, 2.05) is 31.2 Å². The molecule has 28 heavy (non-hydrogen) atoms. The van der Waals surface area contributed by atoms with Gasteiger partial charge in [0.25, 0.3) is 5.56 Å². The van der Waals surface area contributed by atoms with Gasteiger partial charge in [-0.05, 0) is 19.1 Å². The maximum Gasteiger partial charge on any atom is 0.275 e. The van der Waals surface area contributed by atoms with Gasteiger partial charge in [-0.25, -0.2) is 4.98 Å². The second-order valence-electron chi connectivity index (χ2n) is 6.80. The Kier molecular flexibility index (Phi) is 5.91. The fourth-order valence-corrected chi connectivity index (χ4v) is 4.24. The molecule has 1 aliphatic rings. The van der Waals surface area contributed by atoms with Gasteiger partial charge in [0.05, 0.1) is 10.7 Å². The number of aromatic nitrogens is 3. The Bertz CT molecular complexity index is 1010. The van der Waals surface area contributed by atoms with Gasteiger partial charge in [0.1, 0.15) is 17.4 Å². The average Bonchev–Trinajstić information content (AvgIpc) is 3.06. The zero-order chi connectivity index (χ0) is 19.5. The smallest absolute Gasteiger partial charge is 0.275 e. The largest absolute Gasteiger partial charge is 0.491 e. The third-order valence-electron chi connectivity index (χ3n) is 4.75. The Hall–Kier alpha value is -2.00. The lowest BCUT2D eigenvalue weighted by molar-refractivity contribution is 0.112. The number of halogens is 1. The van der Waals surface area contributed by atoms with Crippen LogP contribution in [-0.2, 0) is 6.54 Å². The number of ether oxygens (including phenoxy) is 1. The molecule has 0 unspecified atom stereocenters. The summed E-state index contributed by atoms with van der Waals surface area (Å²) in [4.78, 5) is 22.1. The van der Waals surface area contributed by atoms with E-state index >= 15 is 0 Å². The number of aryl methyl sites for hydroxylation is 1. The Morgan fingerprint density at radius 1 is 1.18 bits per heavy atom. The van der Waals surface area contributed by atoms with E-state index in [2.05, 4.69) is 19.9 Å². The molecule has 3 aromatic rings. The monoisotopic (exact) mass is 419 g/mol. The van der Waals surface area contributed by atoms with Crippen molar-refractivity contribution >= 4 is 27.9 Å². The van der Waals surface area contributed by atoms with Gasteiger partial charge in [-0.15, -0.1) is 0 Å². The molecule has 1 saturated heterocycles. The van der Waals surface area contributed by atoms with E-state index < -0.39 is 0 Å². The van der Waals surface area contributed by atoms with Crippen molar-refractivity contribution in [3.05, 3.63) is 56.4 Å². The van der Waals surface area contributed by atoms with Crippen molar-refractivity contribution in [3.63, 3.8) is 0 Å². The molecule has 0 aliphatic carbocycles. The molecule has 0 radical (unpaired) electrons. The number of fused-ring (bicyclic) bond motifs is 1. The van der Waals surface area contributed by atoms with Gasteiger partial charge in [0, 0.05) is 45.3 Å². The molecule has 3 heterocycles. The highest BCUT2D eigenvalue weighted by Gasteiger charge is 2.18. The van der Waals surface area contributed by atoms with E-state index in [0.29, 0.717) is 23.1 Å². The standard InChI is InChI=1S/C19H22ClN5O2S/c1-14-22-25-18(26)12-15(21-19(25)28-14)13-24-8-6-23(7-9-24)10-11-27-17-5-3-2-4-16(17)20/h2-5,12H,6-11,13H2,1H3. The summed E-state index contributed by atoms with van der Waals surface area (Å²) in [5.74, 6) is 0.730. The molecule has 1 aromatic carbocycles. The highest BCUT2D eigenvalue weighted by atomic mass is 35.5. The van der Waals surface area contributed by atoms with Crippen molar-refractivity contribution in [2.45, 2.75) is 13.5 Å². The van der Waals surface area contributed by atoms with Crippen LogP contribution in [0.4, 0.5) is 0 Å². The Balaban J connectivity index is 1.26. The molecule has 4 rings (SSSR count). The van der Waals surface area contributed by atoms with E-state index in [0.717, 1.165) is 49.2 Å². The van der Waals surface area contributed by atoms with Gasteiger partial charge in [0.2, 0.25) is 4.96 Å². The van der Waals surface area contributed by atoms with Crippen LogP contribution in [0.3, 0.4) is 0 Å². The Morgan fingerprint density at radius 3 is 2.71 bits per heavy atom. The van der Waals surface area contributed by atoms with Crippen LogP contribution in [0.15, 0.2) is 35.1 Å². The van der Waals surface area contributed by atoms with Crippen molar-refractivity contribution in [2.75, 3.05) is 39.3 Å². The molecule has 0 N–H and O–H groups in total. The summed E-state index contributed by atoms with van der Waals surface area (Å²) >= 11 is 7.55. The quantitative estimate of drug-likeness (QED) is 0.611. The zero-order valence-electron chi connectivity index (χ0n) is 15.7. The molecular formula is C19H22ClN5O2S. The second-order valence-corrected chi connectivity index (χ2v) is 8.37. The fraction of sp³-hybridized carbons (Fsp3) is 0.421. The fourth-order valence-electron chi connectivity index (χ4n) is 3.28. The molecule has 0 saturated carbocycles. The van der Waals surface area contributed by atoms with Gasteiger partial charge in [0.15, 0.2) is 0 Å². The Labute approximate surface area is 172 Å². The molecule has 0 bridgehead atoms. The Morgan fingerprint density at radius 2 is 1.93 bits per heavy atom. The van der Waals surface area contributed by atoms with Crippen LogP contribution in [0.25, 0.3) is 4.96 Å². The van der Waals surface area contributed by atoms with Crippen LogP contribution in [0.1, 0.15) is 10.7 Å². The zero-order valence-corrected chi connectivity index (χ0v) is 17.2. The van der Waals surface area contributed by atoms with Crippen molar-refractivity contribution in [1.29, 1.82) is 0 Å². The molecule has 1 aliphatic heterocycles. The third-order valence-corrected chi connectivity index (χ3v) is 5.89. The minimum Gasteiger partial charge on any atom is -0.491 e. The third kappa shape index (κ3) is 4.52. The number of rotatable bonds is 6. The lowest BCUT2D eigenvalue weighted by atomic mass is 10.3. The number of hydrogen-bond acceptors (Lipinski definition) is 7. The van der Waals surface area contributed by atoms with Gasteiger partial charge >= 0.3 is 0 Å². The number of piperazine rings is 1. The normalized spacial score (nSPS) is 15.9. The van der Waals surface area contributed by atoms with Crippen molar-refractivity contribution in [1.82, 2.24) is 24.4 Å². The maximum atomic E-state index is 12.2. The minimum atomic E-state index is -0.111. The molecule has 0 amide bonds. The van der Waals surface area contributed by atoms with Gasteiger partial charge in [-0.1, -0.05) is 35.1 Å². The number of para-hydroxylation sites is 1. The molecule has 148 valence electrons.